The molecule has 0 unspecified atom stereocenters. The standard InChI is InChI=1S/C28H26N2O5S/c1-4-35-28(32)25-18-9-7-11-24(18)36-27(25)30-26(31)19-15-21(29-20-10-6-5-8-17(19)20)16-12-13-22(33-2)23(14-16)34-3/h5-6,8,10,12-15H,4,7,9,11H2,1-3H3,(H,30,31). The van der Waals surface area contributed by atoms with Gasteiger partial charge in [0.25, 0.3) is 5.91 Å². The molecule has 8 heteroatoms. The number of nitrogens with zero attached hydrogens (tertiary/aromatic N) is 1. The minimum absolute atomic E-state index is 0.278. The Labute approximate surface area is 213 Å². The van der Waals surface area contributed by atoms with Gasteiger partial charge in [-0.2, -0.15) is 0 Å². The third-order valence-corrected chi connectivity index (χ3v) is 7.48. The van der Waals surface area contributed by atoms with Crippen molar-refractivity contribution in [2.24, 2.45) is 0 Å². The number of ether oxygens (including phenoxy) is 3. The number of anilines is 1. The van der Waals surface area contributed by atoms with Gasteiger partial charge >= 0.3 is 5.97 Å². The van der Waals surface area contributed by atoms with E-state index in [1.54, 1.807) is 27.2 Å². The molecule has 184 valence electrons. The fraction of sp³-hybridized carbons (Fsp3) is 0.250. The van der Waals surface area contributed by atoms with Crippen LogP contribution in [0.5, 0.6) is 11.5 Å². The van der Waals surface area contributed by atoms with Gasteiger partial charge < -0.3 is 19.5 Å². The predicted molar refractivity (Wildman–Crippen MR) is 141 cm³/mol. The fourth-order valence-electron chi connectivity index (χ4n) is 4.59. The van der Waals surface area contributed by atoms with E-state index in [1.807, 2.05) is 42.5 Å². The molecule has 2 aromatic heterocycles. The molecule has 1 aliphatic rings. The molecular weight excluding hydrogens is 476 g/mol. The Morgan fingerprint density at radius 1 is 1.03 bits per heavy atom. The molecule has 1 aliphatic carbocycles. The molecule has 0 saturated heterocycles. The van der Waals surface area contributed by atoms with Crippen LogP contribution in [0.3, 0.4) is 0 Å². The van der Waals surface area contributed by atoms with Crippen molar-refractivity contribution in [3.63, 3.8) is 0 Å². The quantitative estimate of drug-likeness (QED) is 0.317. The first-order valence-electron chi connectivity index (χ1n) is 11.8. The lowest BCUT2D eigenvalue weighted by Crippen LogP contribution is -2.16. The number of rotatable bonds is 7. The number of methoxy groups -OCH3 is 2. The Morgan fingerprint density at radius 2 is 1.83 bits per heavy atom. The number of amides is 1. The van der Waals surface area contributed by atoms with Gasteiger partial charge in [0, 0.05) is 15.8 Å². The van der Waals surface area contributed by atoms with Gasteiger partial charge in [0.15, 0.2) is 11.5 Å². The number of carbonyl (C=O) groups is 2. The highest BCUT2D eigenvalue weighted by molar-refractivity contribution is 7.17. The maximum atomic E-state index is 13.7. The molecule has 0 saturated carbocycles. The Hall–Kier alpha value is -3.91. The van der Waals surface area contributed by atoms with Crippen LogP contribution < -0.4 is 14.8 Å². The second kappa shape index (κ2) is 9.99. The zero-order valence-corrected chi connectivity index (χ0v) is 21.2. The van der Waals surface area contributed by atoms with Crippen LogP contribution in [0.15, 0.2) is 48.5 Å². The van der Waals surface area contributed by atoms with Crippen LogP contribution in [0.25, 0.3) is 22.2 Å². The number of nitrogens with one attached hydrogen (secondary N) is 1. The third kappa shape index (κ3) is 4.28. The average molecular weight is 503 g/mol. The maximum absolute atomic E-state index is 13.7. The molecule has 4 aromatic rings. The van der Waals surface area contributed by atoms with E-state index in [2.05, 4.69) is 5.32 Å². The lowest BCUT2D eigenvalue weighted by molar-refractivity contribution is 0.0527. The molecule has 36 heavy (non-hydrogen) atoms. The average Bonchev–Trinajstić information content (AvgIpc) is 3.48. The van der Waals surface area contributed by atoms with E-state index in [-0.39, 0.29) is 12.5 Å². The molecule has 2 heterocycles. The molecule has 0 spiro atoms. The summed E-state index contributed by atoms with van der Waals surface area (Å²) < 4.78 is 16.1. The van der Waals surface area contributed by atoms with Gasteiger partial charge in [0.1, 0.15) is 5.00 Å². The van der Waals surface area contributed by atoms with Crippen molar-refractivity contribution in [2.45, 2.75) is 26.2 Å². The van der Waals surface area contributed by atoms with Crippen molar-refractivity contribution in [1.82, 2.24) is 4.98 Å². The summed E-state index contributed by atoms with van der Waals surface area (Å²) in [6, 6.07) is 14.8. The molecule has 1 amide bonds. The number of thiophene rings is 1. The number of aryl methyl sites for hydroxylation is 1. The highest BCUT2D eigenvalue weighted by Crippen LogP contribution is 2.40. The first-order valence-corrected chi connectivity index (χ1v) is 12.6. The zero-order chi connectivity index (χ0) is 25.2. The summed E-state index contributed by atoms with van der Waals surface area (Å²) >= 11 is 1.46. The van der Waals surface area contributed by atoms with Gasteiger partial charge in [-0.25, -0.2) is 9.78 Å². The van der Waals surface area contributed by atoms with E-state index >= 15 is 0 Å². The summed E-state index contributed by atoms with van der Waals surface area (Å²) in [6.07, 6.45) is 2.73. The van der Waals surface area contributed by atoms with E-state index in [0.717, 1.165) is 40.7 Å². The van der Waals surface area contributed by atoms with E-state index in [9.17, 15) is 9.59 Å². The monoisotopic (exact) mass is 502 g/mol. The van der Waals surface area contributed by atoms with Crippen LogP contribution in [-0.2, 0) is 17.6 Å². The molecule has 0 aliphatic heterocycles. The first-order chi connectivity index (χ1) is 17.5. The van der Waals surface area contributed by atoms with E-state index in [1.165, 1.54) is 11.3 Å². The Morgan fingerprint density at radius 3 is 2.61 bits per heavy atom. The van der Waals surface area contributed by atoms with Crippen molar-refractivity contribution in [2.75, 3.05) is 26.1 Å². The molecule has 0 bridgehead atoms. The first kappa shape index (κ1) is 23.8. The minimum atomic E-state index is -0.391. The number of hydrogen-bond acceptors (Lipinski definition) is 7. The van der Waals surface area contributed by atoms with Crippen molar-refractivity contribution < 1.29 is 23.8 Å². The summed E-state index contributed by atoms with van der Waals surface area (Å²) in [6.45, 7) is 2.06. The number of pyridine rings is 1. The van der Waals surface area contributed by atoms with Gasteiger partial charge in [-0.3, -0.25) is 4.79 Å². The van der Waals surface area contributed by atoms with Crippen LogP contribution in [0, 0.1) is 0 Å². The SMILES string of the molecule is CCOC(=O)c1c(NC(=O)c2cc(-c3ccc(OC)c(OC)c3)nc3ccccc23)sc2c1CCC2. The van der Waals surface area contributed by atoms with Gasteiger partial charge in [0.2, 0.25) is 0 Å². The second-order valence-corrected chi connectivity index (χ2v) is 9.48. The van der Waals surface area contributed by atoms with Crippen LogP contribution in [0.2, 0.25) is 0 Å². The number of carbonyl (C=O) groups excluding carboxylic acids is 2. The summed E-state index contributed by atoms with van der Waals surface area (Å²) in [5, 5.41) is 4.28. The van der Waals surface area contributed by atoms with Gasteiger partial charge in [0.05, 0.1) is 43.2 Å². The molecule has 1 N–H and O–H groups in total. The summed E-state index contributed by atoms with van der Waals surface area (Å²) in [5.41, 5.74) is 4.05. The summed E-state index contributed by atoms with van der Waals surface area (Å²) in [5.74, 6) is 0.485. The van der Waals surface area contributed by atoms with Gasteiger partial charge in [-0.1, -0.05) is 18.2 Å². The van der Waals surface area contributed by atoms with Crippen molar-refractivity contribution in [3.05, 3.63) is 70.1 Å². The van der Waals surface area contributed by atoms with Crippen LogP contribution in [0.1, 0.15) is 44.5 Å². The number of fused-ring (bicyclic) bond motifs is 2. The van der Waals surface area contributed by atoms with Gasteiger partial charge in [-0.15, -0.1) is 11.3 Å². The number of benzene rings is 2. The van der Waals surface area contributed by atoms with Gasteiger partial charge in [-0.05, 0) is 62.1 Å². The smallest absolute Gasteiger partial charge is 0.341 e. The topological polar surface area (TPSA) is 86.8 Å². The predicted octanol–water partition coefficient (Wildman–Crippen LogP) is 5.90. The summed E-state index contributed by atoms with van der Waals surface area (Å²) in [4.78, 5) is 32.4. The Bertz CT molecular complexity index is 1480. The largest absolute Gasteiger partial charge is 0.493 e. The van der Waals surface area contributed by atoms with E-state index in [0.29, 0.717) is 38.8 Å². The highest BCUT2D eigenvalue weighted by Gasteiger charge is 2.29. The number of hydrogen-bond donors (Lipinski definition) is 1. The third-order valence-electron chi connectivity index (χ3n) is 6.27. The lowest BCUT2D eigenvalue weighted by Gasteiger charge is -2.13. The Kier molecular flexibility index (Phi) is 6.61. The fourth-order valence-corrected chi connectivity index (χ4v) is 5.86. The van der Waals surface area contributed by atoms with Crippen molar-refractivity contribution >= 4 is 39.1 Å². The zero-order valence-electron chi connectivity index (χ0n) is 20.3. The van der Waals surface area contributed by atoms with Crippen LogP contribution >= 0.6 is 11.3 Å². The molecule has 0 radical (unpaired) electrons. The Balaban J connectivity index is 1.57. The molecule has 0 fully saturated rings. The second-order valence-electron chi connectivity index (χ2n) is 8.38. The van der Waals surface area contributed by atoms with Crippen molar-refractivity contribution in [3.8, 4) is 22.8 Å². The lowest BCUT2D eigenvalue weighted by atomic mass is 10.0. The van der Waals surface area contributed by atoms with E-state index in [4.69, 9.17) is 19.2 Å². The van der Waals surface area contributed by atoms with Crippen molar-refractivity contribution in [1.29, 1.82) is 0 Å². The molecular formula is C28H26N2O5S. The number of esters is 1. The van der Waals surface area contributed by atoms with E-state index < -0.39 is 5.97 Å². The number of para-hydroxylation sites is 1. The number of aromatic nitrogens is 1. The highest BCUT2D eigenvalue weighted by atomic mass is 32.1. The van der Waals surface area contributed by atoms with Crippen LogP contribution in [0.4, 0.5) is 5.00 Å². The summed E-state index contributed by atoms with van der Waals surface area (Å²) in [7, 11) is 3.16. The molecule has 2 aromatic carbocycles. The molecule has 7 nitrogen and oxygen atoms in total. The molecule has 0 atom stereocenters. The molecule has 5 rings (SSSR count). The van der Waals surface area contributed by atoms with Crippen LogP contribution in [-0.4, -0.2) is 37.7 Å². The normalized spacial score (nSPS) is 12.3. The minimum Gasteiger partial charge on any atom is -0.493 e. The maximum Gasteiger partial charge on any atom is 0.341 e.